The van der Waals surface area contributed by atoms with E-state index in [1.165, 1.54) is 0 Å². The number of nitrogens with one attached hydrogen (secondary N) is 1. The van der Waals surface area contributed by atoms with Gasteiger partial charge < -0.3 is 15.3 Å². The van der Waals surface area contributed by atoms with Crippen LogP contribution in [0.1, 0.15) is 25.3 Å². The summed E-state index contributed by atoms with van der Waals surface area (Å²) in [6.07, 6.45) is 1.35. The van der Waals surface area contributed by atoms with Crippen molar-refractivity contribution in [1.29, 1.82) is 0 Å². The van der Waals surface area contributed by atoms with Gasteiger partial charge in [0.25, 0.3) is 5.91 Å². The van der Waals surface area contributed by atoms with Crippen LogP contribution in [0.5, 0.6) is 0 Å². The van der Waals surface area contributed by atoms with Crippen molar-refractivity contribution in [2.24, 2.45) is 5.16 Å². The van der Waals surface area contributed by atoms with E-state index in [1.807, 2.05) is 6.07 Å². The van der Waals surface area contributed by atoms with Crippen molar-refractivity contribution in [1.82, 2.24) is 0 Å². The number of oxime groups is 1. The largest absolute Gasteiger partial charge is 0.411 e. The first-order valence-electron chi connectivity index (χ1n) is 5.92. The Bertz CT molecular complexity index is 465. The number of nitrogens with zero attached hydrogens (tertiary/aromatic N) is 1. The van der Waals surface area contributed by atoms with Gasteiger partial charge in [-0.05, 0) is 31.9 Å². The van der Waals surface area contributed by atoms with Gasteiger partial charge in [0, 0.05) is 17.9 Å². The van der Waals surface area contributed by atoms with Gasteiger partial charge in [0.05, 0.1) is 5.71 Å². The molecule has 1 aromatic carbocycles. The Morgan fingerprint density at radius 2 is 2.39 bits per heavy atom. The molecule has 5 heteroatoms. The van der Waals surface area contributed by atoms with Gasteiger partial charge in [0.15, 0.2) is 0 Å². The first kappa shape index (κ1) is 12.6. The summed E-state index contributed by atoms with van der Waals surface area (Å²) in [5, 5.41) is 14.7. The summed E-state index contributed by atoms with van der Waals surface area (Å²) >= 11 is 0. The highest BCUT2D eigenvalue weighted by atomic mass is 16.5. The maximum atomic E-state index is 11.8. The fourth-order valence-corrected chi connectivity index (χ4v) is 1.89. The molecule has 1 heterocycles. The average molecular weight is 248 g/mol. The summed E-state index contributed by atoms with van der Waals surface area (Å²) < 4.78 is 5.31. The second-order valence-electron chi connectivity index (χ2n) is 4.26. The van der Waals surface area contributed by atoms with Gasteiger partial charge in [-0.1, -0.05) is 17.3 Å². The van der Waals surface area contributed by atoms with Crippen molar-refractivity contribution in [3.63, 3.8) is 0 Å². The topological polar surface area (TPSA) is 70.9 Å². The van der Waals surface area contributed by atoms with Crippen molar-refractivity contribution in [2.75, 3.05) is 11.9 Å². The van der Waals surface area contributed by atoms with Gasteiger partial charge in [-0.25, -0.2) is 0 Å². The van der Waals surface area contributed by atoms with E-state index in [9.17, 15) is 4.79 Å². The summed E-state index contributed by atoms with van der Waals surface area (Å²) in [7, 11) is 0. The number of carbonyl (C=O) groups is 1. The molecule has 5 nitrogen and oxygen atoms in total. The lowest BCUT2D eigenvalue weighted by Gasteiger charge is -2.11. The second-order valence-corrected chi connectivity index (χ2v) is 4.26. The van der Waals surface area contributed by atoms with Crippen LogP contribution < -0.4 is 5.32 Å². The van der Waals surface area contributed by atoms with Crippen LogP contribution in [0.2, 0.25) is 0 Å². The molecule has 0 saturated carbocycles. The molecule has 0 spiro atoms. The molecule has 1 unspecified atom stereocenters. The van der Waals surface area contributed by atoms with E-state index in [-0.39, 0.29) is 12.0 Å². The summed E-state index contributed by atoms with van der Waals surface area (Å²) in [6.45, 7) is 2.34. The van der Waals surface area contributed by atoms with Gasteiger partial charge in [0.2, 0.25) is 0 Å². The Morgan fingerprint density at radius 3 is 3.06 bits per heavy atom. The SMILES string of the molecule is C/C(=N\O)c1cccc(NC(=O)C2CCCO2)c1. The molecule has 1 saturated heterocycles. The molecule has 1 aromatic rings. The molecule has 0 bridgehead atoms. The highest BCUT2D eigenvalue weighted by Gasteiger charge is 2.23. The predicted octanol–water partition coefficient (Wildman–Crippen LogP) is 2.00. The third-order valence-electron chi connectivity index (χ3n) is 2.92. The van der Waals surface area contributed by atoms with Crippen molar-refractivity contribution in [3.8, 4) is 0 Å². The molecular weight excluding hydrogens is 232 g/mol. The number of benzene rings is 1. The number of ether oxygens (including phenoxy) is 1. The number of hydrogen-bond donors (Lipinski definition) is 2. The van der Waals surface area contributed by atoms with E-state index in [4.69, 9.17) is 9.94 Å². The maximum Gasteiger partial charge on any atom is 0.253 e. The highest BCUT2D eigenvalue weighted by molar-refractivity contribution is 6.00. The molecule has 0 radical (unpaired) electrons. The minimum Gasteiger partial charge on any atom is -0.411 e. The fourth-order valence-electron chi connectivity index (χ4n) is 1.89. The molecular formula is C13H16N2O3. The van der Waals surface area contributed by atoms with Gasteiger partial charge >= 0.3 is 0 Å². The second kappa shape index (κ2) is 5.64. The van der Waals surface area contributed by atoms with E-state index >= 15 is 0 Å². The lowest BCUT2D eigenvalue weighted by Crippen LogP contribution is -2.26. The molecule has 18 heavy (non-hydrogen) atoms. The van der Waals surface area contributed by atoms with E-state index in [2.05, 4.69) is 10.5 Å². The molecule has 2 N–H and O–H groups in total. The molecule has 1 aliphatic heterocycles. The summed E-state index contributed by atoms with van der Waals surface area (Å²) in [5.74, 6) is -0.122. The molecule has 1 amide bonds. The van der Waals surface area contributed by atoms with Crippen LogP contribution in [0.3, 0.4) is 0 Å². The lowest BCUT2D eigenvalue weighted by molar-refractivity contribution is -0.124. The number of hydrogen-bond acceptors (Lipinski definition) is 4. The Balaban J connectivity index is 2.07. The highest BCUT2D eigenvalue weighted by Crippen LogP contribution is 2.16. The van der Waals surface area contributed by atoms with Crippen LogP contribution in [-0.4, -0.2) is 29.5 Å². The third kappa shape index (κ3) is 2.87. The van der Waals surface area contributed by atoms with Crippen LogP contribution >= 0.6 is 0 Å². The van der Waals surface area contributed by atoms with Crippen LogP contribution in [0.15, 0.2) is 29.4 Å². The van der Waals surface area contributed by atoms with Crippen LogP contribution in [0.25, 0.3) is 0 Å². The van der Waals surface area contributed by atoms with Crippen LogP contribution in [0, 0.1) is 0 Å². The fraction of sp³-hybridized carbons (Fsp3) is 0.385. The van der Waals surface area contributed by atoms with Crippen molar-refractivity contribution >= 4 is 17.3 Å². The van der Waals surface area contributed by atoms with Gasteiger partial charge in [-0.15, -0.1) is 0 Å². The number of amides is 1. The molecule has 1 fully saturated rings. The van der Waals surface area contributed by atoms with E-state index < -0.39 is 0 Å². The van der Waals surface area contributed by atoms with Crippen molar-refractivity contribution < 1.29 is 14.7 Å². The summed E-state index contributed by atoms with van der Waals surface area (Å²) in [4.78, 5) is 11.8. The Labute approximate surface area is 105 Å². The maximum absolute atomic E-state index is 11.8. The number of rotatable bonds is 3. The number of anilines is 1. The van der Waals surface area contributed by atoms with Crippen LogP contribution in [-0.2, 0) is 9.53 Å². The smallest absolute Gasteiger partial charge is 0.253 e. The van der Waals surface area contributed by atoms with E-state index in [0.29, 0.717) is 18.0 Å². The molecule has 96 valence electrons. The predicted molar refractivity (Wildman–Crippen MR) is 68.0 cm³/mol. The molecule has 0 aliphatic carbocycles. The zero-order valence-corrected chi connectivity index (χ0v) is 10.2. The van der Waals surface area contributed by atoms with E-state index in [0.717, 1.165) is 18.4 Å². The average Bonchev–Trinajstić information content (AvgIpc) is 2.92. The van der Waals surface area contributed by atoms with Gasteiger partial charge in [-0.2, -0.15) is 0 Å². The Hall–Kier alpha value is -1.88. The lowest BCUT2D eigenvalue weighted by atomic mass is 10.1. The normalized spacial score (nSPS) is 19.8. The molecule has 1 atom stereocenters. The first-order valence-corrected chi connectivity index (χ1v) is 5.92. The zero-order valence-electron chi connectivity index (χ0n) is 10.2. The monoisotopic (exact) mass is 248 g/mol. The quantitative estimate of drug-likeness (QED) is 0.488. The third-order valence-corrected chi connectivity index (χ3v) is 2.92. The van der Waals surface area contributed by atoms with Crippen molar-refractivity contribution in [3.05, 3.63) is 29.8 Å². The minimum atomic E-state index is -0.346. The minimum absolute atomic E-state index is 0.122. The summed E-state index contributed by atoms with van der Waals surface area (Å²) in [5.41, 5.74) is 1.95. The van der Waals surface area contributed by atoms with Gasteiger partial charge in [0.1, 0.15) is 6.10 Å². The Morgan fingerprint density at radius 1 is 1.56 bits per heavy atom. The molecule has 2 rings (SSSR count). The molecule has 1 aliphatic rings. The standard InChI is InChI=1S/C13H16N2O3/c1-9(15-17)10-4-2-5-11(8-10)14-13(16)12-6-3-7-18-12/h2,4-5,8,12,17H,3,6-7H2,1H3,(H,14,16)/b15-9+. The van der Waals surface area contributed by atoms with Gasteiger partial charge in [-0.3, -0.25) is 4.79 Å². The molecule has 0 aromatic heterocycles. The Kier molecular flexibility index (Phi) is 3.94. The zero-order chi connectivity index (χ0) is 13.0. The summed E-state index contributed by atoms with van der Waals surface area (Å²) in [6, 6.07) is 7.18. The first-order chi connectivity index (χ1) is 8.70. The van der Waals surface area contributed by atoms with Crippen molar-refractivity contribution in [2.45, 2.75) is 25.9 Å². The van der Waals surface area contributed by atoms with Crippen LogP contribution in [0.4, 0.5) is 5.69 Å². The number of carbonyl (C=O) groups excluding carboxylic acids is 1. The van der Waals surface area contributed by atoms with E-state index in [1.54, 1.807) is 25.1 Å².